The molecular formula is C16H13F2NO4. The molecule has 2 aromatic carbocycles. The summed E-state index contributed by atoms with van der Waals surface area (Å²) in [6, 6.07) is 11.5. The predicted octanol–water partition coefficient (Wildman–Crippen LogP) is 4.21. The van der Waals surface area contributed by atoms with Crippen LogP contribution in [0.3, 0.4) is 0 Å². The fourth-order valence-electron chi connectivity index (χ4n) is 2.07. The Morgan fingerprint density at radius 3 is 2.57 bits per heavy atom. The fourth-order valence-corrected chi connectivity index (χ4v) is 2.07. The Balaban J connectivity index is 2.44. The lowest BCUT2D eigenvalue weighted by Gasteiger charge is -2.12. The highest BCUT2D eigenvalue weighted by Crippen LogP contribution is 2.34. The summed E-state index contributed by atoms with van der Waals surface area (Å²) in [5, 5.41) is 10.5. The number of ether oxygens (including phenoxy) is 2. The van der Waals surface area contributed by atoms with E-state index in [0.717, 1.165) is 6.20 Å². The van der Waals surface area contributed by atoms with Crippen molar-refractivity contribution < 1.29 is 23.2 Å². The van der Waals surface area contributed by atoms with Gasteiger partial charge >= 0.3 is 6.61 Å². The summed E-state index contributed by atoms with van der Waals surface area (Å²) in [6.07, 6.45) is 2.20. The van der Waals surface area contributed by atoms with E-state index in [2.05, 4.69) is 4.74 Å². The molecule has 0 saturated carbocycles. The summed E-state index contributed by atoms with van der Waals surface area (Å²) in [6.45, 7) is -2.95. The van der Waals surface area contributed by atoms with E-state index >= 15 is 0 Å². The van der Waals surface area contributed by atoms with E-state index in [4.69, 9.17) is 4.74 Å². The second-order valence-electron chi connectivity index (χ2n) is 4.43. The third-order valence-electron chi connectivity index (χ3n) is 3.03. The fraction of sp³-hybridized carbons (Fsp3) is 0.125. The Morgan fingerprint density at radius 1 is 1.17 bits per heavy atom. The maximum atomic E-state index is 12.3. The molecule has 2 rings (SSSR count). The standard InChI is InChI=1S/C16H13F2NO4/c1-22-15-10-12(6-7-14(15)23-16(17)18)13-5-3-2-4-11(13)8-9-19(20)21/h2-10,16H,1H3/b9-8+. The maximum Gasteiger partial charge on any atom is 0.387 e. The van der Waals surface area contributed by atoms with Gasteiger partial charge in [-0.2, -0.15) is 8.78 Å². The van der Waals surface area contributed by atoms with Crippen LogP contribution in [-0.4, -0.2) is 18.6 Å². The second kappa shape index (κ2) is 7.35. The summed E-state index contributed by atoms with van der Waals surface area (Å²) in [5.41, 5.74) is 1.98. The molecule has 0 aliphatic carbocycles. The quantitative estimate of drug-likeness (QED) is 0.590. The number of benzene rings is 2. The summed E-state index contributed by atoms with van der Waals surface area (Å²) < 4.78 is 34.1. The molecule has 0 amide bonds. The molecule has 2 aromatic rings. The van der Waals surface area contributed by atoms with Gasteiger partial charge in [-0.15, -0.1) is 0 Å². The van der Waals surface area contributed by atoms with Crippen molar-refractivity contribution >= 4 is 6.08 Å². The van der Waals surface area contributed by atoms with Gasteiger partial charge in [0, 0.05) is 6.08 Å². The average Bonchev–Trinajstić information content (AvgIpc) is 2.53. The smallest absolute Gasteiger partial charge is 0.387 e. The molecule has 5 nitrogen and oxygen atoms in total. The summed E-state index contributed by atoms with van der Waals surface area (Å²) in [4.78, 5) is 9.92. The minimum atomic E-state index is -2.95. The summed E-state index contributed by atoms with van der Waals surface area (Å²) in [7, 11) is 1.34. The van der Waals surface area contributed by atoms with Crippen molar-refractivity contribution in [3.8, 4) is 22.6 Å². The first kappa shape index (κ1) is 16.4. The van der Waals surface area contributed by atoms with Crippen LogP contribution in [0.1, 0.15) is 5.56 Å². The van der Waals surface area contributed by atoms with Crippen molar-refractivity contribution in [1.82, 2.24) is 0 Å². The van der Waals surface area contributed by atoms with Crippen LogP contribution in [0.15, 0.2) is 48.7 Å². The molecular weight excluding hydrogens is 308 g/mol. The van der Waals surface area contributed by atoms with Gasteiger partial charge < -0.3 is 9.47 Å². The minimum Gasteiger partial charge on any atom is -0.493 e. The van der Waals surface area contributed by atoms with Crippen LogP contribution >= 0.6 is 0 Å². The minimum absolute atomic E-state index is 0.0791. The van der Waals surface area contributed by atoms with Gasteiger partial charge in [0.25, 0.3) is 0 Å². The van der Waals surface area contributed by atoms with E-state index < -0.39 is 11.5 Å². The third kappa shape index (κ3) is 4.26. The molecule has 120 valence electrons. The Kier molecular flexibility index (Phi) is 5.24. The Hall–Kier alpha value is -2.96. The highest BCUT2D eigenvalue weighted by Gasteiger charge is 2.12. The highest BCUT2D eigenvalue weighted by molar-refractivity contribution is 5.76. The average molecular weight is 321 g/mol. The van der Waals surface area contributed by atoms with Crippen molar-refractivity contribution in [3.05, 3.63) is 64.3 Å². The molecule has 0 fully saturated rings. The summed E-state index contributed by atoms with van der Waals surface area (Å²) >= 11 is 0. The molecule has 0 bridgehead atoms. The normalized spacial score (nSPS) is 11.0. The van der Waals surface area contributed by atoms with E-state index in [1.165, 1.54) is 25.3 Å². The largest absolute Gasteiger partial charge is 0.493 e. The molecule has 0 spiro atoms. The van der Waals surface area contributed by atoms with E-state index in [-0.39, 0.29) is 11.5 Å². The van der Waals surface area contributed by atoms with E-state index in [1.54, 1.807) is 30.3 Å². The van der Waals surface area contributed by atoms with Crippen LogP contribution in [-0.2, 0) is 0 Å². The first-order valence-electron chi connectivity index (χ1n) is 6.55. The molecule has 0 unspecified atom stereocenters. The monoisotopic (exact) mass is 321 g/mol. The number of nitro groups is 1. The number of rotatable bonds is 6. The number of methoxy groups -OCH3 is 1. The third-order valence-corrected chi connectivity index (χ3v) is 3.03. The SMILES string of the molecule is COc1cc(-c2ccccc2/C=C/[N+](=O)[O-])ccc1OC(F)F. The van der Waals surface area contributed by atoms with Crippen LogP contribution in [0.25, 0.3) is 17.2 Å². The van der Waals surface area contributed by atoms with Gasteiger partial charge in [0.2, 0.25) is 6.20 Å². The highest BCUT2D eigenvalue weighted by atomic mass is 19.3. The number of halogens is 2. The van der Waals surface area contributed by atoms with Gasteiger partial charge in [-0.25, -0.2) is 0 Å². The number of nitrogens with zero attached hydrogens (tertiary/aromatic N) is 1. The van der Waals surface area contributed by atoms with Crippen LogP contribution in [0.2, 0.25) is 0 Å². The molecule has 0 aromatic heterocycles. The van der Waals surface area contributed by atoms with Crippen LogP contribution in [0, 0.1) is 10.1 Å². The second-order valence-corrected chi connectivity index (χ2v) is 4.43. The number of alkyl halides is 2. The van der Waals surface area contributed by atoms with Gasteiger partial charge in [-0.3, -0.25) is 10.1 Å². The maximum absolute atomic E-state index is 12.3. The number of hydrogen-bond donors (Lipinski definition) is 0. The van der Waals surface area contributed by atoms with Gasteiger partial charge in [0.05, 0.1) is 12.0 Å². The molecule has 0 N–H and O–H groups in total. The van der Waals surface area contributed by atoms with Crippen molar-refractivity contribution in [2.75, 3.05) is 7.11 Å². The van der Waals surface area contributed by atoms with E-state index in [0.29, 0.717) is 16.7 Å². The van der Waals surface area contributed by atoms with Crippen molar-refractivity contribution in [1.29, 1.82) is 0 Å². The zero-order valence-electron chi connectivity index (χ0n) is 12.1. The first-order chi connectivity index (χ1) is 11.0. The molecule has 0 radical (unpaired) electrons. The van der Waals surface area contributed by atoms with Crippen molar-refractivity contribution in [3.63, 3.8) is 0 Å². The molecule has 0 saturated heterocycles. The summed E-state index contributed by atoms with van der Waals surface area (Å²) in [5.74, 6) is 0.0698. The lowest BCUT2D eigenvalue weighted by atomic mass is 9.99. The number of hydrogen-bond acceptors (Lipinski definition) is 4. The topological polar surface area (TPSA) is 61.6 Å². The molecule has 23 heavy (non-hydrogen) atoms. The molecule has 0 heterocycles. The molecule has 7 heteroatoms. The van der Waals surface area contributed by atoms with Gasteiger partial charge in [0.1, 0.15) is 0 Å². The zero-order valence-corrected chi connectivity index (χ0v) is 12.1. The molecule has 0 aliphatic rings. The Morgan fingerprint density at radius 2 is 1.91 bits per heavy atom. The van der Waals surface area contributed by atoms with E-state index in [9.17, 15) is 18.9 Å². The van der Waals surface area contributed by atoms with Crippen LogP contribution < -0.4 is 9.47 Å². The first-order valence-corrected chi connectivity index (χ1v) is 6.55. The van der Waals surface area contributed by atoms with E-state index in [1.807, 2.05) is 0 Å². The Bertz CT molecular complexity index is 732. The molecule has 0 aliphatic heterocycles. The predicted molar refractivity (Wildman–Crippen MR) is 81.1 cm³/mol. The lowest BCUT2D eigenvalue weighted by Crippen LogP contribution is -2.03. The zero-order chi connectivity index (χ0) is 16.8. The van der Waals surface area contributed by atoms with Gasteiger partial charge in [0.15, 0.2) is 11.5 Å². The van der Waals surface area contributed by atoms with Gasteiger partial charge in [-0.05, 0) is 28.8 Å². The van der Waals surface area contributed by atoms with Crippen molar-refractivity contribution in [2.24, 2.45) is 0 Å². The van der Waals surface area contributed by atoms with Gasteiger partial charge in [-0.1, -0.05) is 30.3 Å². The molecule has 0 atom stereocenters. The Labute approximate surface area is 130 Å². The van der Waals surface area contributed by atoms with Crippen LogP contribution in [0.5, 0.6) is 11.5 Å². The van der Waals surface area contributed by atoms with Crippen LogP contribution in [0.4, 0.5) is 8.78 Å². The van der Waals surface area contributed by atoms with Crippen molar-refractivity contribution in [2.45, 2.75) is 6.61 Å². The lowest BCUT2D eigenvalue weighted by molar-refractivity contribution is -0.400.